The van der Waals surface area contributed by atoms with Gasteiger partial charge in [-0.1, -0.05) is 5.16 Å². The van der Waals surface area contributed by atoms with Gasteiger partial charge >= 0.3 is 0 Å². The molecule has 14 heavy (non-hydrogen) atoms. The van der Waals surface area contributed by atoms with Crippen LogP contribution in [-0.2, 0) is 0 Å². The third kappa shape index (κ3) is 1.81. The lowest BCUT2D eigenvalue weighted by Gasteiger charge is -2.28. The molecule has 4 nitrogen and oxygen atoms in total. The maximum atomic E-state index is 9.11. The highest BCUT2D eigenvalue weighted by molar-refractivity contribution is 5.17. The number of piperidine rings is 1. The molecule has 0 bridgehead atoms. The van der Waals surface area contributed by atoms with Gasteiger partial charge < -0.3 is 14.9 Å². The Labute approximate surface area is 83.3 Å². The van der Waals surface area contributed by atoms with E-state index in [1.807, 2.05) is 6.92 Å². The second-order valence-corrected chi connectivity index (χ2v) is 3.92. The van der Waals surface area contributed by atoms with Gasteiger partial charge in [0, 0.05) is 18.2 Å². The summed E-state index contributed by atoms with van der Waals surface area (Å²) >= 11 is 0. The zero-order valence-corrected chi connectivity index (χ0v) is 8.36. The highest BCUT2D eigenvalue weighted by Crippen LogP contribution is 2.28. The van der Waals surface area contributed by atoms with Crippen molar-refractivity contribution in [3.63, 3.8) is 0 Å². The smallest absolute Gasteiger partial charge is 0.138 e. The van der Waals surface area contributed by atoms with Crippen LogP contribution in [0.1, 0.15) is 30.2 Å². The van der Waals surface area contributed by atoms with Crippen molar-refractivity contribution in [1.82, 2.24) is 10.5 Å². The largest absolute Gasteiger partial charge is 0.396 e. The molecule has 1 aliphatic heterocycles. The Hall–Kier alpha value is -0.870. The number of rotatable bonds is 2. The van der Waals surface area contributed by atoms with Gasteiger partial charge in [-0.25, -0.2) is 0 Å². The normalized spacial score (nSPS) is 27.9. The van der Waals surface area contributed by atoms with Gasteiger partial charge in [0.25, 0.3) is 0 Å². The molecule has 1 saturated heterocycles. The van der Waals surface area contributed by atoms with Crippen molar-refractivity contribution >= 4 is 0 Å². The molecule has 0 saturated carbocycles. The molecule has 2 rings (SSSR count). The molecule has 1 aromatic heterocycles. The lowest BCUT2D eigenvalue weighted by molar-refractivity contribution is 0.176. The Bertz CT molecular complexity index is 298. The minimum atomic E-state index is 0.280. The number of hydrogen-bond donors (Lipinski definition) is 2. The molecule has 0 aliphatic carbocycles. The molecular weight excluding hydrogens is 180 g/mol. The van der Waals surface area contributed by atoms with E-state index < -0.39 is 0 Å². The first-order valence-corrected chi connectivity index (χ1v) is 5.06. The summed E-state index contributed by atoms with van der Waals surface area (Å²) in [7, 11) is 0. The van der Waals surface area contributed by atoms with Crippen molar-refractivity contribution in [2.45, 2.75) is 25.8 Å². The van der Waals surface area contributed by atoms with E-state index in [9.17, 15) is 0 Å². The van der Waals surface area contributed by atoms with Gasteiger partial charge in [0.1, 0.15) is 5.76 Å². The summed E-state index contributed by atoms with van der Waals surface area (Å²) in [6, 6.07) is 0.298. The predicted octanol–water partition coefficient (Wildman–Crippen LogP) is 1.02. The number of hydrogen-bond acceptors (Lipinski definition) is 4. The molecule has 2 N–H and O–H groups in total. The highest BCUT2D eigenvalue weighted by atomic mass is 16.5. The van der Waals surface area contributed by atoms with Crippen LogP contribution in [0.2, 0.25) is 0 Å². The highest BCUT2D eigenvalue weighted by Gasteiger charge is 2.24. The van der Waals surface area contributed by atoms with E-state index in [4.69, 9.17) is 9.63 Å². The van der Waals surface area contributed by atoms with Crippen LogP contribution >= 0.6 is 0 Å². The number of aliphatic hydroxyl groups is 1. The van der Waals surface area contributed by atoms with E-state index in [2.05, 4.69) is 10.5 Å². The number of aliphatic hydroxyl groups excluding tert-OH is 1. The van der Waals surface area contributed by atoms with Crippen molar-refractivity contribution in [2.75, 3.05) is 13.2 Å². The molecule has 0 aromatic carbocycles. The van der Waals surface area contributed by atoms with E-state index in [0.29, 0.717) is 12.0 Å². The fourth-order valence-electron chi connectivity index (χ4n) is 2.04. The summed E-state index contributed by atoms with van der Waals surface area (Å²) in [5, 5.41) is 16.3. The van der Waals surface area contributed by atoms with Crippen LogP contribution in [0.15, 0.2) is 10.7 Å². The summed E-state index contributed by atoms with van der Waals surface area (Å²) in [5.74, 6) is 1.29. The standard InChI is InChI=1S/C10H16N2O2/c1-7-9(5-12-14-7)10-4-8(6-13)2-3-11-10/h5,8,10-11,13H,2-4,6H2,1H3. The quantitative estimate of drug-likeness (QED) is 0.741. The first-order chi connectivity index (χ1) is 6.81. The molecule has 2 unspecified atom stereocenters. The first kappa shape index (κ1) is 9.68. The van der Waals surface area contributed by atoms with Crippen molar-refractivity contribution in [3.8, 4) is 0 Å². The molecule has 0 spiro atoms. The summed E-state index contributed by atoms with van der Waals surface area (Å²) in [6.45, 7) is 3.16. The van der Waals surface area contributed by atoms with Crippen LogP contribution in [0.4, 0.5) is 0 Å². The fourth-order valence-corrected chi connectivity index (χ4v) is 2.04. The van der Waals surface area contributed by atoms with Crippen molar-refractivity contribution in [3.05, 3.63) is 17.5 Å². The zero-order chi connectivity index (χ0) is 9.97. The number of nitrogens with one attached hydrogen (secondary N) is 1. The third-order valence-corrected chi connectivity index (χ3v) is 2.93. The molecule has 78 valence electrons. The summed E-state index contributed by atoms with van der Waals surface area (Å²) < 4.78 is 5.03. The number of aromatic nitrogens is 1. The average molecular weight is 196 g/mol. The SMILES string of the molecule is Cc1oncc1C1CC(CO)CCN1. The molecule has 4 heteroatoms. The Balaban J connectivity index is 2.08. The Morgan fingerprint density at radius 2 is 2.57 bits per heavy atom. The van der Waals surface area contributed by atoms with Crippen LogP contribution < -0.4 is 5.32 Å². The van der Waals surface area contributed by atoms with E-state index in [0.717, 1.165) is 30.7 Å². The second kappa shape index (κ2) is 4.11. The molecule has 1 aromatic rings. The Morgan fingerprint density at radius 3 is 3.21 bits per heavy atom. The second-order valence-electron chi connectivity index (χ2n) is 3.92. The zero-order valence-electron chi connectivity index (χ0n) is 8.36. The van der Waals surface area contributed by atoms with Gasteiger partial charge in [-0.15, -0.1) is 0 Å². The molecule has 0 radical (unpaired) electrons. The van der Waals surface area contributed by atoms with Crippen LogP contribution in [-0.4, -0.2) is 23.4 Å². The monoisotopic (exact) mass is 196 g/mol. The molecule has 2 heterocycles. The molecule has 1 fully saturated rings. The maximum absolute atomic E-state index is 9.11. The van der Waals surface area contributed by atoms with Crippen molar-refractivity contribution in [2.24, 2.45) is 5.92 Å². The average Bonchev–Trinajstić information content (AvgIpc) is 2.65. The fraction of sp³-hybridized carbons (Fsp3) is 0.700. The number of nitrogens with zero attached hydrogens (tertiary/aromatic N) is 1. The van der Waals surface area contributed by atoms with Gasteiger partial charge in [-0.05, 0) is 32.2 Å². The van der Waals surface area contributed by atoms with Crippen LogP contribution in [0.5, 0.6) is 0 Å². The van der Waals surface area contributed by atoms with Crippen LogP contribution in [0, 0.1) is 12.8 Å². The van der Waals surface area contributed by atoms with Gasteiger partial charge in [-0.3, -0.25) is 0 Å². The topological polar surface area (TPSA) is 58.3 Å². The maximum Gasteiger partial charge on any atom is 0.138 e. The Kier molecular flexibility index (Phi) is 2.84. The van der Waals surface area contributed by atoms with Crippen molar-refractivity contribution in [1.29, 1.82) is 0 Å². The van der Waals surface area contributed by atoms with Crippen LogP contribution in [0.25, 0.3) is 0 Å². The van der Waals surface area contributed by atoms with E-state index in [-0.39, 0.29) is 6.61 Å². The summed E-state index contributed by atoms with van der Waals surface area (Å²) in [4.78, 5) is 0. The molecule has 0 amide bonds. The lowest BCUT2D eigenvalue weighted by Crippen LogP contribution is -2.33. The molecular formula is C10H16N2O2. The number of aryl methyl sites for hydroxylation is 1. The lowest BCUT2D eigenvalue weighted by atomic mass is 9.90. The third-order valence-electron chi connectivity index (χ3n) is 2.93. The summed E-state index contributed by atoms with van der Waals surface area (Å²) in [5.41, 5.74) is 1.13. The molecule has 1 aliphatic rings. The van der Waals surface area contributed by atoms with Gasteiger partial charge in [0.05, 0.1) is 6.20 Å². The van der Waals surface area contributed by atoms with E-state index >= 15 is 0 Å². The van der Waals surface area contributed by atoms with E-state index in [1.165, 1.54) is 0 Å². The first-order valence-electron chi connectivity index (χ1n) is 5.06. The van der Waals surface area contributed by atoms with Gasteiger partial charge in [0.2, 0.25) is 0 Å². The summed E-state index contributed by atoms with van der Waals surface area (Å²) in [6.07, 6.45) is 3.79. The minimum absolute atomic E-state index is 0.280. The van der Waals surface area contributed by atoms with Crippen LogP contribution in [0.3, 0.4) is 0 Å². The minimum Gasteiger partial charge on any atom is -0.396 e. The van der Waals surface area contributed by atoms with Gasteiger partial charge in [0.15, 0.2) is 0 Å². The van der Waals surface area contributed by atoms with E-state index in [1.54, 1.807) is 6.20 Å². The Morgan fingerprint density at radius 1 is 1.71 bits per heavy atom. The van der Waals surface area contributed by atoms with Gasteiger partial charge in [-0.2, -0.15) is 0 Å². The molecule has 2 atom stereocenters. The predicted molar refractivity (Wildman–Crippen MR) is 51.8 cm³/mol. The van der Waals surface area contributed by atoms with Crippen molar-refractivity contribution < 1.29 is 9.63 Å².